The Hall–Kier alpha value is -1.40. The number of rotatable bonds is 3. The van der Waals surface area contributed by atoms with Crippen LogP contribution >= 0.6 is 11.3 Å². The van der Waals surface area contributed by atoms with Crippen LogP contribution in [0.25, 0.3) is 10.1 Å². The molecule has 2 rings (SSSR count). The summed E-state index contributed by atoms with van der Waals surface area (Å²) in [4.78, 5) is 11.2. The van der Waals surface area contributed by atoms with Crippen molar-refractivity contribution in [1.82, 2.24) is 0 Å². The molecule has 0 radical (unpaired) electrons. The number of carboxylic acids is 1. The van der Waals surface area contributed by atoms with Gasteiger partial charge in [-0.1, -0.05) is 12.1 Å². The molecule has 0 aliphatic rings. The highest BCUT2D eigenvalue weighted by atomic mass is 32.2. The van der Waals surface area contributed by atoms with Gasteiger partial charge in [0.05, 0.1) is 4.75 Å². The molecule has 2 aromatic rings. The maximum Gasteiger partial charge on any atom is 0.345 e. The van der Waals surface area contributed by atoms with Gasteiger partial charge >= 0.3 is 5.97 Å². The largest absolute Gasteiger partial charge is 0.477 e. The van der Waals surface area contributed by atoms with Gasteiger partial charge in [-0.2, -0.15) is 0 Å². The average Bonchev–Trinajstić information content (AvgIpc) is 2.69. The molecule has 6 heteroatoms. The first-order valence-electron chi connectivity index (χ1n) is 5.60. The molecule has 1 N–H and O–H groups in total. The lowest BCUT2D eigenvalue weighted by Gasteiger charge is -2.23. The van der Waals surface area contributed by atoms with Crippen LogP contribution in [0.1, 0.15) is 29.1 Å². The molecule has 0 aliphatic heterocycles. The van der Waals surface area contributed by atoms with E-state index in [9.17, 15) is 13.2 Å². The summed E-state index contributed by atoms with van der Waals surface area (Å²) >= 11 is 1.15. The van der Waals surface area contributed by atoms with Crippen LogP contribution in [0.15, 0.2) is 24.3 Å². The molecule has 0 fully saturated rings. The summed E-state index contributed by atoms with van der Waals surface area (Å²) in [5, 5.41) is 9.77. The Balaban J connectivity index is 2.62. The zero-order chi connectivity index (χ0) is 14.4. The predicted molar refractivity (Wildman–Crippen MR) is 76.7 cm³/mol. The van der Waals surface area contributed by atoms with Crippen molar-refractivity contribution in [3.8, 4) is 0 Å². The van der Waals surface area contributed by atoms with Crippen molar-refractivity contribution in [1.29, 1.82) is 0 Å². The van der Waals surface area contributed by atoms with Crippen LogP contribution in [0.5, 0.6) is 0 Å². The van der Waals surface area contributed by atoms with Crippen LogP contribution in [0.3, 0.4) is 0 Å². The van der Waals surface area contributed by atoms with E-state index in [1.165, 1.54) is 6.26 Å². The van der Waals surface area contributed by atoms with Crippen molar-refractivity contribution in [2.75, 3.05) is 6.26 Å². The molecule has 0 bridgehead atoms. The number of sulfone groups is 1. The van der Waals surface area contributed by atoms with Gasteiger partial charge in [0.25, 0.3) is 0 Å². The van der Waals surface area contributed by atoms with E-state index < -0.39 is 20.6 Å². The van der Waals surface area contributed by atoms with E-state index in [0.29, 0.717) is 5.56 Å². The van der Waals surface area contributed by atoms with Crippen LogP contribution < -0.4 is 0 Å². The molecule has 0 atom stereocenters. The molecule has 1 aromatic carbocycles. The van der Waals surface area contributed by atoms with Crippen LogP contribution in [0.2, 0.25) is 0 Å². The fraction of sp³-hybridized carbons (Fsp3) is 0.308. The van der Waals surface area contributed by atoms with Gasteiger partial charge in [-0.3, -0.25) is 0 Å². The van der Waals surface area contributed by atoms with Gasteiger partial charge in [-0.25, -0.2) is 13.2 Å². The number of hydrogen-bond donors (Lipinski definition) is 1. The van der Waals surface area contributed by atoms with Gasteiger partial charge in [0, 0.05) is 11.0 Å². The first-order valence-corrected chi connectivity index (χ1v) is 8.30. The van der Waals surface area contributed by atoms with Gasteiger partial charge in [-0.15, -0.1) is 11.3 Å². The number of benzene rings is 1. The van der Waals surface area contributed by atoms with Crippen molar-refractivity contribution >= 4 is 37.2 Å². The fourth-order valence-corrected chi connectivity index (χ4v) is 3.22. The molecule has 0 saturated carbocycles. The number of hydrogen-bond acceptors (Lipinski definition) is 4. The topological polar surface area (TPSA) is 71.4 Å². The second-order valence-electron chi connectivity index (χ2n) is 4.95. The van der Waals surface area contributed by atoms with Crippen molar-refractivity contribution < 1.29 is 18.3 Å². The molecular weight excluding hydrogens is 284 g/mol. The summed E-state index contributed by atoms with van der Waals surface area (Å²) in [6, 6.07) is 6.86. The lowest BCUT2D eigenvalue weighted by molar-refractivity contribution is 0.0702. The second-order valence-corrected chi connectivity index (χ2v) is 8.60. The highest BCUT2D eigenvalue weighted by molar-refractivity contribution is 7.91. The Morgan fingerprint density at radius 3 is 2.42 bits per heavy atom. The van der Waals surface area contributed by atoms with E-state index in [1.54, 1.807) is 38.1 Å². The highest BCUT2D eigenvalue weighted by Gasteiger charge is 2.32. The molecule has 102 valence electrons. The minimum absolute atomic E-state index is 0.254. The van der Waals surface area contributed by atoms with Gasteiger partial charge in [0.15, 0.2) is 9.84 Å². The van der Waals surface area contributed by atoms with Gasteiger partial charge in [0.2, 0.25) is 0 Å². The normalized spacial score (nSPS) is 12.8. The average molecular weight is 298 g/mol. The standard InChI is InChI=1S/C13H14O4S2/c1-13(2,19(3,16)17)9-5-4-8-6-11(12(14)15)18-10(8)7-9/h4-7H,1-3H3,(H,14,15). The third-order valence-corrected chi connectivity index (χ3v) is 6.53. The van der Waals surface area contributed by atoms with Crippen molar-refractivity contribution in [3.05, 3.63) is 34.7 Å². The fourth-order valence-electron chi connectivity index (χ4n) is 1.73. The maximum atomic E-state index is 11.8. The van der Waals surface area contributed by atoms with E-state index in [-0.39, 0.29) is 4.88 Å². The molecule has 0 spiro atoms. The molecule has 0 aliphatic carbocycles. The highest BCUT2D eigenvalue weighted by Crippen LogP contribution is 2.34. The summed E-state index contributed by atoms with van der Waals surface area (Å²) in [6.45, 7) is 3.30. The SMILES string of the molecule is CC(C)(c1ccc2cc(C(=O)O)sc2c1)S(C)(=O)=O. The number of fused-ring (bicyclic) bond motifs is 1. The summed E-state index contributed by atoms with van der Waals surface area (Å²) in [6.07, 6.45) is 1.20. The Morgan fingerprint density at radius 2 is 1.89 bits per heavy atom. The van der Waals surface area contributed by atoms with Crippen LogP contribution in [0.4, 0.5) is 0 Å². The zero-order valence-electron chi connectivity index (χ0n) is 10.8. The number of thiophene rings is 1. The molecular formula is C13H14O4S2. The van der Waals surface area contributed by atoms with E-state index in [2.05, 4.69) is 0 Å². The lowest BCUT2D eigenvalue weighted by atomic mass is 10.0. The Morgan fingerprint density at radius 1 is 1.26 bits per heavy atom. The Bertz CT molecular complexity index is 754. The number of carboxylic acid groups (broad SMARTS) is 1. The number of aromatic carboxylic acids is 1. The maximum absolute atomic E-state index is 11.8. The van der Waals surface area contributed by atoms with Crippen molar-refractivity contribution in [3.63, 3.8) is 0 Å². The molecule has 0 saturated heterocycles. The zero-order valence-corrected chi connectivity index (χ0v) is 12.4. The van der Waals surface area contributed by atoms with Gasteiger partial charge < -0.3 is 5.11 Å². The summed E-state index contributed by atoms with van der Waals surface area (Å²) < 4.78 is 23.4. The minimum atomic E-state index is -3.25. The molecule has 0 unspecified atom stereocenters. The van der Waals surface area contributed by atoms with E-state index >= 15 is 0 Å². The third-order valence-electron chi connectivity index (χ3n) is 3.35. The third kappa shape index (κ3) is 2.37. The van der Waals surface area contributed by atoms with Crippen molar-refractivity contribution in [2.45, 2.75) is 18.6 Å². The summed E-state index contributed by atoms with van der Waals surface area (Å²) in [5.41, 5.74) is 0.668. The lowest BCUT2D eigenvalue weighted by Crippen LogP contribution is -2.27. The molecule has 19 heavy (non-hydrogen) atoms. The predicted octanol–water partition coefficient (Wildman–Crippen LogP) is 2.88. The van der Waals surface area contributed by atoms with Gasteiger partial charge in [-0.05, 0) is 36.9 Å². The first-order chi connectivity index (χ1) is 8.63. The van der Waals surface area contributed by atoms with Crippen LogP contribution in [-0.4, -0.2) is 25.7 Å². The number of carbonyl (C=O) groups is 1. The molecule has 1 heterocycles. The molecule has 0 amide bonds. The minimum Gasteiger partial charge on any atom is -0.477 e. The monoisotopic (exact) mass is 298 g/mol. The van der Waals surface area contributed by atoms with E-state index in [0.717, 1.165) is 21.4 Å². The quantitative estimate of drug-likeness (QED) is 0.945. The van der Waals surface area contributed by atoms with E-state index in [4.69, 9.17) is 5.11 Å². The smallest absolute Gasteiger partial charge is 0.345 e. The molecule has 1 aromatic heterocycles. The first kappa shape index (κ1) is 14.0. The van der Waals surface area contributed by atoms with Crippen LogP contribution in [-0.2, 0) is 14.6 Å². The summed E-state index contributed by atoms with van der Waals surface area (Å²) in [5.74, 6) is -0.967. The van der Waals surface area contributed by atoms with Crippen molar-refractivity contribution in [2.24, 2.45) is 0 Å². The molecule has 4 nitrogen and oxygen atoms in total. The van der Waals surface area contributed by atoms with Gasteiger partial charge in [0.1, 0.15) is 4.88 Å². The Labute approximate surface area is 115 Å². The summed E-state index contributed by atoms with van der Waals surface area (Å²) in [7, 11) is -3.25. The van der Waals surface area contributed by atoms with E-state index in [1.807, 2.05) is 0 Å². The second kappa shape index (κ2) is 4.31. The Kier molecular flexibility index (Phi) is 3.18. The van der Waals surface area contributed by atoms with Crippen LogP contribution in [0, 0.1) is 0 Å².